The monoisotopic (exact) mass is 470 g/mol. The molecule has 0 aliphatic rings. The van der Waals surface area contributed by atoms with Crippen LogP contribution in [-0.2, 0) is 11.2 Å². The van der Waals surface area contributed by atoms with E-state index in [2.05, 4.69) is 39.4 Å². The highest BCUT2D eigenvalue weighted by Gasteiger charge is 2.10. The van der Waals surface area contributed by atoms with Gasteiger partial charge in [-0.05, 0) is 61.5 Å². The summed E-state index contributed by atoms with van der Waals surface area (Å²) in [7, 11) is 4.00. The van der Waals surface area contributed by atoms with Crippen molar-refractivity contribution >= 4 is 11.6 Å². The lowest BCUT2D eigenvalue weighted by Crippen LogP contribution is -2.19. The highest BCUT2D eigenvalue weighted by Crippen LogP contribution is 2.28. The van der Waals surface area contributed by atoms with Crippen LogP contribution in [0.5, 0.6) is 5.75 Å². The Balaban J connectivity index is 1.37. The minimum Gasteiger partial charge on any atom is -0.492 e. The molecule has 7 nitrogen and oxygen atoms in total. The molecule has 0 bridgehead atoms. The molecule has 4 rings (SSSR count). The first kappa shape index (κ1) is 24.2. The molecule has 3 aromatic carbocycles. The number of aromatic nitrogens is 2. The van der Waals surface area contributed by atoms with Crippen molar-refractivity contribution < 1.29 is 14.1 Å². The predicted molar refractivity (Wildman–Crippen MR) is 137 cm³/mol. The Morgan fingerprint density at radius 1 is 1.00 bits per heavy atom. The molecular weight excluding hydrogens is 440 g/mol. The number of carbonyl (C=O) groups is 1. The minimum atomic E-state index is -0.0702. The summed E-state index contributed by atoms with van der Waals surface area (Å²) in [5, 5.41) is 6.95. The van der Waals surface area contributed by atoms with Crippen LogP contribution in [0.2, 0.25) is 0 Å². The number of amides is 1. The molecule has 0 fully saturated rings. The first-order chi connectivity index (χ1) is 16.9. The fourth-order valence-corrected chi connectivity index (χ4v) is 3.75. The number of hydrogen-bond donors (Lipinski definition) is 1. The zero-order valence-electron chi connectivity index (χ0n) is 20.5. The van der Waals surface area contributed by atoms with Gasteiger partial charge in [-0.2, -0.15) is 4.98 Å². The average molecular weight is 471 g/mol. The standard InChI is InChI=1S/C28H30N4O3/c1-19-16-23(28-29-20(2)35-31-28)12-13-26(19)22-10-8-21(9-11-22)17-27(33)30-24-6-5-7-25(18-24)34-15-14-32(3)4/h5-13,16,18H,14-15,17H2,1-4H3,(H,30,33). The topological polar surface area (TPSA) is 80.5 Å². The Hall–Kier alpha value is -3.97. The van der Waals surface area contributed by atoms with E-state index in [0.717, 1.165) is 45.8 Å². The third-order valence-corrected chi connectivity index (χ3v) is 5.57. The number of aryl methyl sites for hydroxylation is 2. The molecule has 1 amide bonds. The van der Waals surface area contributed by atoms with Gasteiger partial charge >= 0.3 is 0 Å². The SMILES string of the molecule is Cc1nc(-c2ccc(-c3ccc(CC(=O)Nc4cccc(OCCN(C)C)c4)cc3)c(C)c2)no1. The molecule has 0 aliphatic heterocycles. The second-order valence-electron chi connectivity index (χ2n) is 8.77. The smallest absolute Gasteiger partial charge is 0.228 e. The molecule has 1 N–H and O–H groups in total. The molecule has 1 aromatic heterocycles. The zero-order chi connectivity index (χ0) is 24.8. The van der Waals surface area contributed by atoms with Crippen molar-refractivity contribution in [2.24, 2.45) is 0 Å². The molecular formula is C28H30N4O3. The van der Waals surface area contributed by atoms with Gasteiger partial charge < -0.3 is 19.5 Å². The highest BCUT2D eigenvalue weighted by molar-refractivity contribution is 5.92. The number of nitrogens with one attached hydrogen (secondary N) is 1. The lowest BCUT2D eigenvalue weighted by molar-refractivity contribution is -0.115. The number of benzene rings is 3. The molecule has 1 heterocycles. The van der Waals surface area contributed by atoms with E-state index < -0.39 is 0 Å². The fourth-order valence-electron chi connectivity index (χ4n) is 3.75. The van der Waals surface area contributed by atoms with Crippen LogP contribution in [0, 0.1) is 13.8 Å². The van der Waals surface area contributed by atoms with E-state index in [0.29, 0.717) is 24.7 Å². The average Bonchev–Trinajstić information content (AvgIpc) is 3.26. The van der Waals surface area contributed by atoms with E-state index in [1.807, 2.05) is 68.7 Å². The lowest BCUT2D eigenvalue weighted by atomic mass is 9.97. The van der Waals surface area contributed by atoms with Gasteiger partial charge in [0.15, 0.2) is 0 Å². The second kappa shape index (κ2) is 11.0. The van der Waals surface area contributed by atoms with Gasteiger partial charge in [-0.1, -0.05) is 47.6 Å². The van der Waals surface area contributed by atoms with Crippen molar-refractivity contribution in [2.45, 2.75) is 20.3 Å². The molecule has 0 saturated heterocycles. The molecule has 0 unspecified atom stereocenters. The number of hydrogen-bond acceptors (Lipinski definition) is 6. The van der Waals surface area contributed by atoms with Gasteiger partial charge in [-0.25, -0.2) is 0 Å². The Morgan fingerprint density at radius 2 is 1.77 bits per heavy atom. The molecule has 180 valence electrons. The van der Waals surface area contributed by atoms with Gasteiger partial charge in [0.2, 0.25) is 17.6 Å². The van der Waals surface area contributed by atoms with Gasteiger partial charge in [0, 0.05) is 30.8 Å². The minimum absolute atomic E-state index is 0.0702. The third-order valence-electron chi connectivity index (χ3n) is 5.57. The number of rotatable bonds is 9. The number of carbonyl (C=O) groups excluding carboxylic acids is 1. The summed E-state index contributed by atoms with van der Waals surface area (Å²) < 4.78 is 10.8. The van der Waals surface area contributed by atoms with Crippen LogP contribution in [0.1, 0.15) is 17.0 Å². The van der Waals surface area contributed by atoms with E-state index in [-0.39, 0.29) is 5.91 Å². The number of likely N-dealkylation sites (N-methyl/N-ethyl adjacent to an activating group) is 1. The van der Waals surface area contributed by atoms with Crippen molar-refractivity contribution in [3.8, 4) is 28.3 Å². The van der Waals surface area contributed by atoms with Gasteiger partial charge in [0.25, 0.3) is 0 Å². The van der Waals surface area contributed by atoms with Gasteiger partial charge in [0.1, 0.15) is 12.4 Å². The maximum absolute atomic E-state index is 12.6. The van der Waals surface area contributed by atoms with Crippen LogP contribution >= 0.6 is 0 Å². The maximum Gasteiger partial charge on any atom is 0.228 e. The van der Waals surface area contributed by atoms with E-state index in [1.165, 1.54) is 0 Å². The molecule has 0 radical (unpaired) electrons. The zero-order valence-corrected chi connectivity index (χ0v) is 20.5. The summed E-state index contributed by atoms with van der Waals surface area (Å²) in [6.07, 6.45) is 0.293. The number of anilines is 1. The quantitative estimate of drug-likeness (QED) is 0.365. The Morgan fingerprint density at radius 3 is 2.46 bits per heavy atom. The van der Waals surface area contributed by atoms with E-state index in [1.54, 1.807) is 6.92 Å². The first-order valence-electron chi connectivity index (χ1n) is 11.6. The van der Waals surface area contributed by atoms with Crippen LogP contribution < -0.4 is 10.1 Å². The van der Waals surface area contributed by atoms with Crippen molar-refractivity contribution in [1.82, 2.24) is 15.0 Å². The summed E-state index contributed by atoms with van der Waals surface area (Å²) in [5.74, 6) is 1.80. The number of nitrogens with zero attached hydrogens (tertiary/aromatic N) is 3. The Kier molecular flexibility index (Phi) is 7.57. The van der Waals surface area contributed by atoms with Crippen LogP contribution in [-0.4, -0.2) is 48.2 Å². The Labute approximate surface area is 205 Å². The largest absolute Gasteiger partial charge is 0.492 e. The summed E-state index contributed by atoms with van der Waals surface area (Å²) in [4.78, 5) is 19.0. The molecule has 0 aliphatic carbocycles. The van der Waals surface area contributed by atoms with E-state index in [4.69, 9.17) is 9.26 Å². The molecule has 4 aromatic rings. The lowest BCUT2D eigenvalue weighted by Gasteiger charge is -2.12. The molecule has 35 heavy (non-hydrogen) atoms. The second-order valence-corrected chi connectivity index (χ2v) is 8.77. The summed E-state index contributed by atoms with van der Waals surface area (Å²) >= 11 is 0. The van der Waals surface area contributed by atoms with Crippen molar-refractivity contribution in [2.75, 3.05) is 32.6 Å². The maximum atomic E-state index is 12.6. The summed E-state index contributed by atoms with van der Waals surface area (Å²) in [6.45, 7) is 5.26. The van der Waals surface area contributed by atoms with Crippen LogP contribution in [0.15, 0.2) is 71.3 Å². The molecule has 7 heteroatoms. The normalized spacial score (nSPS) is 11.0. The van der Waals surface area contributed by atoms with Crippen LogP contribution in [0.3, 0.4) is 0 Å². The van der Waals surface area contributed by atoms with Crippen molar-refractivity contribution in [3.05, 3.63) is 83.7 Å². The molecule has 0 saturated carbocycles. The molecule has 0 spiro atoms. The summed E-state index contributed by atoms with van der Waals surface area (Å²) in [5.41, 5.74) is 5.91. The van der Waals surface area contributed by atoms with E-state index >= 15 is 0 Å². The van der Waals surface area contributed by atoms with Crippen molar-refractivity contribution in [3.63, 3.8) is 0 Å². The van der Waals surface area contributed by atoms with Crippen molar-refractivity contribution in [1.29, 1.82) is 0 Å². The van der Waals surface area contributed by atoms with Gasteiger partial charge in [-0.3, -0.25) is 4.79 Å². The Bertz CT molecular complexity index is 1300. The van der Waals surface area contributed by atoms with Gasteiger partial charge in [-0.15, -0.1) is 0 Å². The predicted octanol–water partition coefficient (Wildman–Crippen LogP) is 5.14. The van der Waals surface area contributed by atoms with Crippen LogP contribution in [0.4, 0.5) is 5.69 Å². The molecule has 0 atom stereocenters. The number of ether oxygens (including phenoxy) is 1. The first-order valence-corrected chi connectivity index (χ1v) is 11.6. The summed E-state index contributed by atoms with van der Waals surface area (Å²) in [6, 6.07) is 21.7. The fraction of sp³-hybridized carbons (Fsp3) is 0.250. The van der Waals surface area contributed by atoms with E-state index in [9.17, 15) is 4.79 Å². The van der Waals surface area contributed by atoms with Gasteiger partial charge in [0.05, 0.1) is 6.42 Å². The third kappa shape index (κ3) is 6.55. The van der Waals surface area contributed by atoms with Crippen LogP contribution in [0.25, 0.3) is 22.5 Å². The highest BCUT2D eigenvalue weighted by atomic mass is 16.5.